The molecular formula is C25H28N6O3S. The fraction of sp³-hybridized carbons (Fsp3) is 0.360. The lowest BCUT2D eigenvalue weighted by Gasteiger charge is -2.28. The second kappa shape index (κ2) is 9.12. The Bertz CT molecular complexity index is 1320. The van der Waals surface area contributed by atoms with Crippen molar-refractivity contribution in [3.05, 3.63) is 54.5 Å². The number of aromatic nitrogens is 4. The Morgan fingerprint density at radius 3 is 2.57 bits per heavy atom. The van der Waals surface area contributed by atoms with Crippen LogP contribution in [0.1, 0.15) is 26.0 Å². The van der Waals surface area contributed by atoms with E-state index in [-0.39, 0.29) is 0 Å². The van der Waals surface area contributed by atoms with Gasteiger partial charge < -0.3 is 26.0 Å². The minimum absolute atomic E-state index is 0.370. The van der Waals surface area contributed by atoms with E-state index in [9.17, 15) is 15.3 Å². The van der Waals surface area contributed by atoms with Crippen LogP contribution in [0.5, 0.6) is 0 Å². The molecule has 5 N–H and O–H groups in total. The maximum absolute atomic E-state index is 10.8. The Morgan fingerprint density at radius 1 is 1.06 bits per heavy atom. The molecule has 1 fully saturated rings. The molecule has 3 heterocycles. The largest absolute Gasteiger partial charge is 0.390 e. The average Bonchev–Trinajstić information content (AvgIpc) is 3.36. The summed E-state index contributed by atoms with van der Waals surface area (Å²) in [6.07, 6.45) is 1.66. The Kier molecular flexibility index (Phi) is 6.14. The molecule has 0 bridgehead atoms. The summed E-state index contributed by atoms with van der Waals surface area (Å²) in [6, 6.07) is 11.1. The van der Waals surface area contributed by atoms with E-state index >= 15 is 0 Å². The quantitative estimate of drug-likeness (QED) is 0.274. The molecular weight excluding hydrogens is 464 g/mol. The van der Waals surface area contributed by atoms with Crippen LogP contribution in [0.25, 0.3) is 20.8 Å². The fourth-order valence-corrected chi connectivity index (χ4v) is 5.48. The topological polar surface area (TPSA) is 136 Å². The highest BCUT2D eigenvalue weighted by Crippen LogP contribution is 2.39. The summed E-state index contributed by atoms with van der Waals surface area (Å²) in [5, 5.41) is 39.1. The second-order valence-electron chi connectivity index (χ2n) is 9.48. The number of nitrogens with one attached hydrogen (secondary N) is 2. The van der Waals surface area contributed by atoms with Crippen molar-refractivity contribution in [1.82, 2.24) is 19.9 Å². The maximum atomic E-state index is 10.8. The lowest BCUT2D eigenvalue weighted by Crippen LogP contribution is -2.40. The first-order valence-corrected chi connectivity index (χ1v) is 12.3. The third-order valence-corrected chi connectivity index (χ3v) is 7.45. The summed E-state index contributed by atoms with van der Waals surface area (Å²) in [7, 11) is 0. The van der Waals surface area contributed by atoms with Crippen LogP contribution in [0.2, 0.25) is 0 Å². The van der Waals surface area contributed by atoms with Crippen molar-refractivity contribution in [3.63, 3.8) is 0 Å². The van der Waals surface area contributed by atoms with Gasteiger partial charge in [-0.3, -0.25) is 4.98 Å². The van der Waals surface area contributed by atoms with Crippen molar-refractivity contribution >= 4 is 39.0 Å². The van der Waals surface area contributed by atoms with E-state index < -0.39 is 29.8 Å². The van der Waals surface area contributed by atoms with Crippen LogP contribution in [0.3, 0.4) is 0 Å². The third-order valence-electron chi connectivity index (χ3n) is 6.38. The van der Waals surface area contributed by atoms with E-state index in [1.807, 2.05) is 43.3 Å². The van der Waals surface area contributed by atoms with Gasteiger partial charge in [0.25, 0.3) is 0 Å². The molecule has 0 aliphatic heterocycles. The van der Waals surface area contributed by atoms with Crippen LogP contribution >= 0.6 is 11.3 Å². The molecule has 5 rings (SSSR count). The van der Waals surface area contributed by atoms with E-state index in [0.717, 1.165) is 26.6 Å². The molecule has 35 heavy (non-hydrogen) atoms. The van der Waals surface area contributed by atoms with E-state index in [2.05, 4.69) is 20.6 Å². The first-order chi connectivity index (χ1) is 16.7. The average molecular weight is 493 g/mol. The molecule has 9 nitrogen and oxygen atoms in total. The van der Waals surface area contributed by atoms with Gasteiger partial charge >= 0.3 is 0 Å². The van der Waals surface area contributed by atoms with Crippen LogP contribution in [0, 0.1) is 12.8 Å². The van der Waals surface area contributed by atoms with Gasteiger partial charge in [-0.05, 0) is 51.5 Å². The molecule has 1 aliphatic carbocycles. The lowest BCUT2D eigenvalue weighted by molar-refractivity contribution is -0.0601. The zero-order valence-corrected chi connectivity index (χ0v) is 20.5. The van der Waals surface area contributed by atoms with Crippen LogP contribution < -0.4 is 10.6 Å². The molecule has 4 aromatic rings. The van der Waals surface area contributed by atoms with Crippen molar-refractivity contribution in [2.24, 2.45) is 5.92 Å². The number of nitrogens with zero attached hydrogens (tertiary/aromatic N) is 4. The maximum Gasteiger partial charge on any atom is 0.229 e. The van der Waals surface area contributed by atoms with Crippen molar-refractivity contribution in [2.45, 2.75) is 51.0 Å². The van der Waals surface area contributed by atoms with Gasteiger partial charge in [-0.2, -0.15) is 4.98 Å². The lowest BCUT2D eigenvalue weighted by atomic mass is 9.88. The van der Waals surface area contributed by atoms with Crippen molar-refractivity contribution < 1.29 is 15.3 Å². The van der Waals surface area contributed by atoms with Crippen LogP contribution in [0.15, 0.2) is 48.8 Å². The van der Waals surface area contributed by atoms with E-state index in [1.165, 1.54) is 11.3 Å². The number of fused-ring (bicyclic) bond motifs is 1. The molecule has 10 heteroatoms. The highest BCUT2D eigenvalue weighted by Gasteiger charge is 2.47. The smallest absolute Gasteiger partial charge is 0.229 e. The van der Waals surface area contributed by atoms with Gasteiger partial charge in [0, 0.05) is 29.7 Å². The molecule has 1 aliphatic rings. The monoisotopic (exact) mass is 492 g/mol. The van der Waals surface area contributed by atoms with Crippen LogP contribution in [-0.2, 0) is 0 Å². The Labute approximate surface area is 207 Å². The van der Waals surface area contributed by atoms with Crippen LogP contribution in [0.4, 0.5) is 17.5 Å². The van der Waals surface area contributed by atoms with Gasteiger partial charge in [-0.15, -0.1) is 11.3 Å². The zero-order chi connectivity index (χ0) is 24.7. The highest BCUT2D eigenvalue weighted by molar-refractivity contribution is 7.21. The number of pyridine rings is 1. The first kappa shape index (κ1) is 23.6. The summed E-state index contributed by atoms with van der Waals surface area (Å²) in [5.41, 5.74) is 2.10. The number of aliphatic hydroxyl groups excluding tert-OH is 2. The third kappa shape index (κ3) is 4.83. The highest BCUT2D eigenvalue weighted by atomic mass is 32.1. The summed E-state index contributed by atoms with van der Waals surface area (Å²) < 4.78 is 1.04. The molecule has 3 aromatic heterocycles. The fourth-order valence-electron chi connectivity index (χ4n) is 4.50. The standard InChI is InChI=1S/C25H28N6O3S/c1-13-10-14(8-9-26-13)28-24-27-12-15(23-30-17-6-4-5-7-19(17)35-23)22(31-24)29-18-11-16(25(2,3)34)20(32)21(18)33/h4-10,12,16,18,20-21,32-34H,11H2,1-3H3,(H2,26,27,28,29,31)/t16-,18+,20+,21-/m0/s1. The summed E-state index contributed by atoms with van der Waals surface area (Å²) in [5.74, 6) is 0.371. The molecule has 1 aromatic carbocycles. The molecule has 0 saturated heterocycles. The number of aliphatic hydroxyl groups is 3. The number of thiazole rings is 1. The van der Waals surface area contributed by atoms with Gasteiger partial charge in [0.15, 0.2) is 0 Å². The number of para-hydroxylation sites is 1. The predicted molar refractivity (Wildman–Crippen MR) is 137 cm³/mol. The molecule has 182 valence electrons. The molecule has 1 saturated carbocycles. The zero-order valence-electron chi connectivity index (χ0n) is 19.7. The molecule has 0 unspecified atom stereocenters. The number of anilines is 3. The molecule has 0 amide bonds. The Morgan fingerprint density at radius 2 is 1.86 bits per heavy atom. The number of aryl methyl sites for hydroxylation is 1. The number of hydrogen-bond donors (Lipinski definition) is 5. The number of rotatable bonds is 6. The van der Waals surface area contributed by atoms with Gasteiger partial charge in [-0.25, -0.2) is 9.97 Å². The van der Waals surface area contributed by atoms with Gasteiger partial charge in [0.1, 0.15) is 16.9 Å². The Balaban J connectivity index is 1.52. The van der Waals surface area contributed by atoms with Crippen molar-refractivity contribution in [1.29, 1.82) is 0 Å². The predicted octanol–water partition coefficient (Wildman–Crippen LogP) is 3.49. The van der Waals surface area contributed by atoms with Gasteiger partial charge in [0.2, 0.25) is 5.95 Å². The minimum atomic E-state index is -1.13. The minimum Gasteiger partial charge on any atom is -0.390 e. The van der Waals surface area contributed by atoms with Gasteiger partial charge in [0.05, 0.1) is 33.5 Å². The number of benzene rings is 1. The summed E-state index contributed by atoms with van der Waals surface area (Å²) >= 11 is 1.53. The normalized spacial score (nSPS) is 22.5. The molecule has 0 spiro atoms. The van der Waals surface area contributed by atoms with Gasteiger partial charge in [-0.1, -0.05) is 12.1 Å². The van der Waals surface area contributed by atoms with E-state index in [4.69, 9.17) is 9.97 Å². The van der Waals surface area contributed by atoms with E-state index in [0.29, 0.717) is 23.8 Å². The van der Waals surface area contributed by atoms with E-state index in [1.54, 1.807) is 26.2 Å². The summed E-state index contributed by atoms with van der Waals surface area (Å²) in [6.45, 7) is 5.19. The van der Waals surface area contributed by atoms with Crippen molar-refractivity contribution in [2.75, 3.05) is 10.6 Å². The Hall–Kier alpha value is -3.18. The molecule has 4 atom stereocenters. The first-order valence-electron chi connectivity index (χ1n) is 11.5. The van der Waals surface area contributed by atoms with Crippen LogP contribution in [-0.4, -0.2) is 59.1 Å². The second-order valence-corrected chi connectivity index (χ2v) is 10.5. The van der Waals surface area contributed by atoms with Crippen molar-refractivity contribution in [3.8, 4) is 10.6 Å². The molecule has 0 radical (unpaired) electrons. The number of hydrogen-bond acceptors (Lipinski definition) is 10. The SMILES string of the molecule is Cc1cc(Nc2ncc(-c3nc4ccccc4s3)c(N[C@@H]3C[C@H](C(C)(C)O)[C@@H](O)[C@H]3O)n2)ccn1. The summed E-state index contributed by atoms with van der Waals surface area (Å²) in [4.78, 5) is 18.2.